The van der Waals surface area contributed by atoms with Crippen molar-refractivity contribution in [3.8, 4) is 0 Å². The van der Waals surface area contributed by atoms with Crippen molar-refractivity contribution in [3.63, 3.8) is 0 Å². The Morgan fingerprint density at radius 3 is 3.17 bits per heavy atom. The number of halogens is 2. The van der Waals surface area contributed by atoms with Crippen molar-refractivity contribution in [2.75, 3.05) is 0 Å². The summed E-state index contributed by atoms with van der Waals surface area (Å²) < 4.78 is 2.96. The van der Waals surface area contributed by atoms with Crippen molar-refractivity contribution in [3.05, 3.63) is 34.7 Å². The van der Waals surface area contributed by atoms with Crippen LogP contribution in [-0.2, 0) is 5.88 Å². The Morgan fingerprint density at radius 2 is 2.42 bits per heavy atom. The summed E-state index contributed by atoms with van der Waals surface area (Å²) >= 11 is 9.16. The fourth-order valence-electron chi connectivity index (χ4n) is 1.17. The van der Waals surface area contributed by atoms with Crippen molar-refractivity contribution in [2.24, 2.45) is 0 Å². The molecule has 2 aromatic rings. The largest absolute Gasteiger partial charge is 0.306 e. The van der Waals surface area contributed by atoms with Gasteiger partial charge in [0, 0.05) is 28.6 Å². The Kier molecular flexibility index (Phi) is 2.07. The molecule has 0 amide bonds. The predicted octanol–water partition coefficient (Wildman–Crippen LogP) is 2.84. The van der Waals surface area contributed by atoms with Crippen LogP contribution in [0.15, 0.2) is 29.1 Å². The van der Waals surface area contributed by atoms with E-state index in [4.69, 9.17) is 11.6 Å². The minimum Gasteiger partial charge on any atom is -0.306 e. The summed E-state index contributed by atoms with van der Waals surface area (Å²) in [4.78, 5) is 4.19. The van der Waals surface area contributed by atoms with Gasteiger partial charge < -0.3 is 4.40 Å². The molecular formula is C8H6BrClN2. The molecule has 0 aliphatic rings. The van der Waals surface area contributed by atoms with E-state index < -0.39 is 0 Å². The van der Waals surface area contributed by atoms with E-state index in [1.165, 1.54) is 0 Å². The molecule has 0 saturated heterocycles. The quantitative estimate of drug-likeness (QED) is 0.706. The van der Waals surface area contributed by atoms with Crippen LogP contribution in [-0.4, -0.2) is 9.38 Å². The van der Waals surface area contributed by atoms with Crippen LogP contribution in [0.3, 0.4) is 0 Å². The molecule has 62 valence electrons. The molecule has 2 rings (SSSR count). The van der Waals surface area contributed by atoms with Gasteiger partial charge >= 0.3 is 0 Å². The van der Waals surface area contributed by atoms with Gasteiger partial charge in [-0.3, -0.25) is 0 Å². The molecule has 0 fully saturated rings. The maximum atomic E-state index is 5.76. The molecule has 0 aliphatic carbocycles. The lowest BCUT2D eigenvalue weighted by molar-refractivity contribution is 1.14. The maximum absolute atomic E-state index is 5.76. The minimum atomic E-state index is 0.486. The summed E-state index contributed by atoms with van der Waals surface area (Å²) in [5, 5.41) is 0. The van der Waals surface area contributed by atoms with Gasteiger partial charge in [-0.15, -0.1) is 11.6 Å². The lowest BCUT2D eigenvalue weighted by Crippen LogP contribution is -1.89. The van der Waals surface area contributed by atoms with Gasteiger partial charge in [-0.05, 0) is 22.0 Å². The molecule has 12 heavy (non-hydrogen) atoms. The lowest BCUT2D eigenvalue weighted by atomic mass is 10.3. The molecule has 2 nitrogen and oxygen atoms in total. The van der Waals surface area contributed by atoms with E-state index in [1.54, 1.807) is 6.20 Å². The molecule has 0 bridgehead atoms. The van der Waals surface area contributed by atoms with Crippen LogP contribution in [0.5, 0.6) is 0 Å². The second-order valence-corrected chi connectivity index (χ2v) is 3.66. The van der Waals surface area contributed by atoms with E-state index in [-0.39, 0.29) is 0 Å². The molecule has 0 spiro atoms. The molecule has 0 saturated carbocycles. The van der Waals surface area contributed by atoms with E-state index in [1.807, 2.05) is 22.9 Å². The van der Waals surface area contributed by atoms with Crippen LogP contribution in [0.2, 0.25) is 0 Å². The van der Waals surface area contributed by atoms with E-state index in [0.29, 0.717) is 5.88 Å². The lowest BCUT2D eigenvalue weighted by Gasteiger charge is -2.00. The first kappa shape index (κ1) is 8.08. The summed E-state index contributed by atoms with van der Waals surface area (Å²) in [5.41, 5.74) is 1.96. The number of alkyl halides is 1. The molecule has 0 aromatic carbocycles. The van der Waals surface area contributed by atoms with E-state index in [9.17, 15) is 0 Å². The summed E-state index contributed by atoms with van der Waals surface area (Å²) in [6, 6.07) is 1.98. The molecule has 2 aromatic heterocycles. The third-order valence-electron chi connectivity index (χ3n) is 1.67. The highest BCUT2D eigenvalue weighted by molar-refractivity contribution is 9.10. The predicted molar refractivity (Wildman–Crippen MR) is 52.4 cm³/mol. The normalized spacial score (nSPS) is 10.8. The second kappa shape index (κ2) is 3.07. The Bertz CT molecular complexity index is 410. The number of nitrogens with zero attached hydrogens (tertiary/aromatic N) is 2. The van der Waals surface area contributed by atoms with Gasteiger partial charge in [-0.25, -0.2) is 4.98 Å². The van der Waals surface area contributed by atoms with Gasteiger partial charge in [0.25, 0.3) is 0 Å². The van der Waals surface area contributed by atoms with Crippen molar-refractivity contribution in [1.82, 2.24) is 9.38 Å². The number of rotatable bonds is 1. The van der Waals surface area contributed by atoms with E-state index in [0.717, 1.165) is 15.7 Å². The smallest absolute Gasteiger partial charge is 0.141 e. The average Bonchev–Trinajstić information content (AvgIpc) is 2.50. The van der Waals surface area contributed by atoms with Crippen LogP contribution in [0, 0.1) is 0 Å². The number of fused-ring (bicyclic) bond motifs is 1. The van der Waals surface area contributed by atoms with Crippen LogP contribution in [0.4, 0.5) is 0 Å². The number of hydrogen-bond donors (Lipinski definition) is 0. The number of hydrogen-bond acceptors (Lipinski definition) is 1. The van der Waals surface area contributed by atoms with Crippen LogP contribution in [0.25, 0.3) is 5.65 Å². The van der Waals surface area contributed by atoms with E-state index in [2.05, 4.69) is 20.9 Å². The fourth-order valence-corrected chi connectivity index (χ4v) is 1.86. The SMILES string of the molecule is ClCc1cc(Br)cn2ccnc12. The highest BCUT2D eigenvalue weighted by atomic mass is 79.9. The van der Waals surface area contributed by atoms with Crippen molar-refractivity contribution in [2.45, 2.75) is 5.88 Å². The molecule has 4 heteroatoms. The average molecular weight is 246 g/mol. The Labute approximate surface area is 83.3 Å². The Balaban J connectivity index is 2.80. The van der Waals surface area contributed by atoms with E-state index >= 15 is 0 Å². The molecular weight excluding hydrogens is 239 g/mol. The molecule has 0 atom stereocenters. The zero-order valence-corrected chi connectivity index (χ0v) is 8.51. The topological polar surface area (TPSA) is 17.3 Å². The minimum absolute atomic E-state index is 0.486. The number of aromatic nitrogens is 2. The van der Waals surface area contributed by atoms with Gasteiger partial charge in [-0.2, -0.15) is 0 Å². The molecule has 0 N–H and O–H groups in total. The first-order chi connectivity index (χ1) is 5.81. The molecule has 0 aliphatic heterocycles. The van der Waals surface area contributed by atoms with Gasteiger partial charge in [0.15, 0.2) is 0 Å². The molecule has 0 unspecified atom stereocenters. The van der Waals surface area contributed by atoms with Crippen LogP contribution >= 0.6 is 27.5 Å². The second-order valence-electron chi connectivity index (χ2n) is 2.48. The highest BCUT2D eigenvalue weighted by Gasteiger charge is 2.02. The first-order valence-corrected chi connectivity index (χ1v) is 4.81. The Hall–Kier alpha value is -0.540. The zero-order chi connectivity index (χ0) is 8.55. The maximum Gasteiger partial charge on any atom is 0.141 e. The van der Waals surface area contributed by atoms with Crippen molar-refractivity contribution < 1.29 is 0 Å². The number of pyridine rings is 1. The van der Waals surface area contributed by atoms with Crippen LogP contribution in [0.1, 0.15) is 5.56 Å². The van der Waals surface area contributed by atoms with Crippen LogP contribution < -0.4 is 0 Å². The van der Waals surface area contributed by atoms with Crippen molar-refractivity contribution in [1.29, 1.82) is 0 Å². The summed E-state index contributed by atoms with van der Waals surface area (Å²) in [6.07, 6.45) is 5.62. The van der Waals surface area contributed by atoms with Gasteiger partial charge in [0.1, 0.15) is 5.65 Å². The zero-order valence-electron chi connectivity index (χ0n) is 6.17. The Morgan fingerprint density at radius 1 is 1.58 bits per heavy atom. The number of imidazole rings is 1. The first-order valence-electron chi connectivity index (χ1n) is 3.48. The highest BCUT2D eigenvalue weighted by Crippen LogP contribution is 2.17. The van der Waals surface area contributed by atoms with Crippen molar-refractivity contribution >= 4 is 33.2 Å². The fraction of sp³-hybridized carbons (Fsp3) is 0.125. The summed E-state index contributed by atoms with van der Waals surface area (Å²) in [6.45, 7) is 0. The summed E-state index contributed by atoms with van der Waals surface area (Å²) in [5.74, 6) is 0.486. The standard InChI is InChI=1S/C8H6BrClN2/c9-7-3-6(4-10)8-11-1-2-12(8)5-7/h1-3,5H,4H2. The monoisotopic (exact) mass is 244 g/mol. The molecule has 2 heterocycles. The van der Waals surface area contributed by atoms with Gasteiger partial charge in [-0.1, -0.05) is 0 Å². The third-order valence-corrected chi connectivity index (χ3v) is 2.40. The summed E-state index contributed by atoms with van der Waals surface area (Å²) in [7, 11) is 0. The molecule has 0 radical (unpaired) electrons. The van der Waals surface area contributed by atoms with Gasteiger partial charge in [0.05, 0.1) is 5.88 Å². The van der Waals surface area contributed by atoms with Gasteiger partial charge in [0.2, 0.25) is 0 Å². The third kappa shape index (κ3) is 1.23.